The van der Waals surface area contributed by atoms with E-state index in [-0.39, 0.29) is 31.2 Å². The Bertz CT molecular complexity index is 1190. The number of nitrogens with zero attached hydrogens (tertiary/aromatic N) is 4. The third kappa shape index (κ3) is 5.49. The number of hydrogen-bond acceptors (Lipinski definition) is 8. The molecule has 3 N–H and O–H groups in total. The number of nitrogens with one attached hydrogen (secondary N) is 1. The standard InChI is InChI=1S/C26H30N6O4/c1-28-25(34)23(5-3-11-33)32-16-19-14-18(7-8-20(19)26(32)35)22(31-27)15-29-24-6-2-4-21(30-24)17-9-12-36-13-10-17/h2,4,6-8,11,14-15,17,23H,3,5,9-10,12-13,16,27H2,1H3,(H,28,34)/b29-15+,31-22+. The van der Waals surface area contributed by atoms with Crippen LogP contribution in [0.3, 0.4) is 0 Å². The molecule has 0 radical (unpaired) electrons. The van der Waals surface area contributed by atoms with Crippen LogP contribution < -0.4 is 11.2 Å². The number of carbonyl (C=O) groups excluding carboxylic acids is 3. The number of pyridine rings is 1. The molecule has 1 fully saturated rings. The van der Waals surface area contributed by atoms with Crippen LogP contribution in [0.2, 0.25) is 0 Å². The lowest BCUT2D eigenvalue weighted by Gasteiger charge is -2.25. The number of hydrazone groups is 1. The predicted molar refractivity (Wildman–Crippen MR) is 135 cm³/mol. The lowest BCUT2D eigenvalue weighted by Crippen LogP contribution is -2.46. The van der Waals surface area contributed by atoms with E-state index < -0.39 is 6.04 Å². The predicted octanol–water partition coefficient (Wildman–Crippen LogP) is 2.09. The van der Waals surface area contributed by atoms with Crippen molar-refractivity contribution in [3.05, 3.63) is 58.8 Å². The summed E-state index contributed by atoms with van der Waals surface area (Å²) in [5.41, 5.74) is 3.39. The highest BCUT2D eigenvalue weighted by molar-refractivity contribution is 6.38. The second-order valence-corrected chi connectivity index (χ2v) is 8.76. The minimum atomic E-state index is -0.721. The van der Waals surface area contributed by atoms with Gasteiger partial charge in [-0.3, -0.25) is 9.59 Å². The van der Waals surface area contributed by atoms with E-state index in [1.165, 1.54) is 11.9 Å². The minimum Gasteiger partial charge on any atom is -0.381 e. The zero-order valence-corrected chi connectivity index (χ0v) is 20.2. The number of aldehydes is 1. The first kappa shape index (κ1) is 25.2. The van der Waals surface area contributed by atoms with Crippen molar-refractivity contribution >= 4 is 35.8 Å². The molecule has 2 aliphatic heterocycles. The van der Waals surface area contributed by atoms with Crippen LogP contribution in [0.5, 0.6) is 0 Å². The first-order valence-electron chi connectivity index (χ1n) is 12.0. The van der Waals surface area contributed by atoms with Crippen LogP contribution in [-0.4, -0.2) is 66.2 Å². The first-order chi connectivity index (χ1) is 17.5. The Morgan fingerprint density at radius 2 is 2.11 bits per heavy atom. The molecule has 0 spiro atoms. The maximum atomic E-state index is 13.0. The van der Waals surface area contributed by atoms with Gasteiger partial charge in [0.05, 0.1) is 6.21 Å². The molecule has 36 heavy (non-hydrogen) atoms. The summed E-state index contributed by atoms with van der Waals surface area (Å²) in [5.74, 6) is 6.05. The number of carbonyl (C=O) groups is 3. The summed E-state index contributed by atoms with van der Waals surface area (Å²) in [5, 5.41) is 6.47. The van der Waals surface area contributed by atoms with E-state index in [1.807, 2.05) is 24.3 Å². The van der Waals surface area contributed by atoms with Gasteiger partial charge in [0.25, 0.3) is 5.91 Å². The Balaban J connectivity index is 1.52. The van der Waals surface area contributed by atoms with Gasteiger partial charge in [-0.05, 0) is 49.1 Å². The first-order valence-corrected chi connectivity index (χ1v) is 12.0. The van der Waals surface area contributed by atoms with E-state index in [1.54, 1.807) is 18.3 Å². The molecule has 4 rings (SSSR count). The van der Waals surface area contributed by atoms with Gasteiger partial charge in [-0.25, -0.2) is 9.98 Å². The molecule has 2 amide bonds. The molecular weight excluding hydrogens is 460 g/mol. The van der Waals surface area contributed by atoms with E-state index in [2.05, 4.69) is 20.4 Å². The lowest BCUT2D eigenvalue weighted by atomic mass is 9.96. The largest absolute Gasteiger partial charge is 0.381 e. The number of amides is 2. The van der Waals surface area contributed by atoms with Crippen molar-refractivity contribution < 1.29 is 19.1 Å². The minimum absolute atomic E-state index is 0.188. The van der Waals surface area contributed by atoms with Gasteiger partial charge in [0.2, 0.25) is 5.91 Å². The smallest absolute Gasteiger partial charge is 0.255 e. The number of aliphatic imine (C=N–C) groups is 1. The third-order valence-corrected chi connectivity index (χ3v) is 6.57. The number of aromatic nitrogens is 1. The number of likely N-dealkylation sites (N-methyl/N-ethyl adjacent to an activating group) is 1. The second-order valence-electron chi connectivity index (χ2n) is 8.76. The lowest BCUT2D eigenvalue weighted by molar-refractivity contribution is -0.125. The van der Waals surface area contributed by atoms with Crippen molar-refractivity contribution in [1.82, 2.24) is 15.2 Å². The molecule has 3 heterocycles. The summed E-state index contributed by atoms with van der Waals surface area (Å²) in [7, 11) is 1.51. The fourth-order valence-electron chi connectivity index (χ4n) is 4.62. The van der Waals surface area contributed by atoms with Gasteiger partial charge in [-0.2, -0.15) is 5.10 Å². The zero-order valence-electron chi connectivity index (χ0n) is 20.2. The van der Waals surface area contributed by atoms with Crippen molar-refractivity contribution in [3.8, 4) is 0 Å². The number of fused-ring (bicyclic) bond motifs is 1. The second kappa shape index (κ2) is 11.7. The highest BCUT2D eigenvalue weighted by atomic mass is 16.5. The summed E-state index contributed by atoms with van der Waals surface area (Å²) in [6.45, 7) is 1.73. The van der Waals surface area contributed by atoms with Gasteiger partial charge < -0.3 is 25.6 Å². The van der Waals surface area contributed by atoms with Crippen LogP contribution in [0.25, 0.3) is 0 Å². The number of ether oxygens (including phenoxy) is 1. The van der Waals surface area contributed by atoms with Crippen LogP contribution in [0.15, 0.2) is 46.5 Å². The summed E-state index contributed by atoms with van der Waals surface area (Å²) in [6.07, 6.45) is 4.64. The molecule has 10 nitrogen and oxygen atoms in total. The van der Waals surface area contributed by atoms with Crippen molar-refractivity contribution in [2.75, 3.05) is 20.3 Å². The van der Waals surface area contributed by atoms with E-state index in [9.17, 15) is 14.4 Å². The van der Waals surface area contributed by atoms with Gasteiger partial charge in [-0.15, -0.1) is 0 Å². The van der Waals surface area contributed by atoms with Gasteiger partial charge in [-0.1, -0.05) is 12.1 Å². The molecule has 188 valence electrons. The molecule has 0 aliphatic carbocycles. The molecule has 0 bridgehead atoms. The van der Waals surface area contributed by atoms with Gasteiger partial charge in [0.1, 0.15) is 18.0 Å². The van der Waals surface area contributed by atoms with E-state index >= 15 is 0 Å². The molecule has 1 aromatic carbocycles. The fraction of sp³-hybridized carbons (Fsp3) is 0.385. The number of hydrogen-bond donors (Lipinski definition) is 2. The number of nitrogens with two attached hydrogens (primary N) is 1. The molecular formula is C26H30N6O4. The van der Waals surface area contributed by atoms with Crippen molar-refractivity contribution in [2.45, 2.75) is 44.2 Å². The van der Waals surface area contributed by atoms with E-state index in [4.69, 9.17) is 10.6 Å². The van der Waals surface area contributed by atoms with Crippen molar-refractivity contribution in [3.63, 3.8) is 0 Å². The number of benzene rings is 1. The Kier molecular flexibility index (Phi) is 8.17. The number of rotatable bonds is 9. The van der Waals surface area contributed by atoms with Gasteiger partial charge in [0, 0.05) is 56.0 Å². The molecule has 2 aromatic rings. The molecule has 0 saturated carbocycles. The summed E-state index contributed by atoms with van der Waals surface area (Å²) in [4.78, 5) is 46.9. The SMILES string of the molecule is CNC(=O)C(CCC=O)N1Cc2cc(C(/C=N/c3cccc(C4CCOCC4)n3)=N/N)ccc2C1=O. The fourth-order valence-corrected chi connectivity index (χ4v) is 4.62. The Morgan fingerprint density at radius 3 is 2.83 bits per heavy atom. The van der Waals surface area contributed by atoms with E-state index in [0.717, 1.165) is 43.6 Å². The maximum Gasteiger partial charge on any atom is 0.255 e. The summed E-state index contributed by atoms with van der Waals surface area (Å²) in [6, 6.07) is 10.3. The zero-order chi connectivity index (χ0) is 25.5. The average molecular weight is 491 g/mol. The van der Waals surface area contributed by atoms with Crippen molar-refractivity contribution in [2.24, 2.45) is 15.9 Å². The van der Waals surface area contributed by atoms with Crippen LogP contribution in [-0.2, 0) is 20.9 Å². The Labute approximate surface area is 209 Å². The third-order valence-electron chi connectivity index (χ3n) is 6.57. The molecule has 10 heteroatoms. The van der Waals surface area contributed by atoms with E-state index in [0.29, 0.717) is 28.6 Å². The van der Waals surface area contributed by atoms with Gasteiger partial charge >= 0.3 is 0 Å². The quantitative estimate of drug-likeness (QED) is 0.239. The topological polar surface area (TPSA) is 139 Å². The monoisotopic (exact) mass is 490 g/mol. The molecule has 1 unspecified atom stereocenters. The van der Waals surface area contributed by atoms with Crippen LogP contribution in [0, 0.1) is 0 Å². The summed E-state index contributed by atoms with van der Waals surface area (Å²) < 4.78 is 5.44. The molecule has 1 atom stereocenters. The molecule has 2 aliphatic rings. The Morgan fingerprint density at radius 1 is 1.31 bits per heavy atom. The summed E-state index contributed by atoms with van der Waals surface area (Å²) >= 11 is 0. The highest BCUT2D eigenvalue weighted by Gasteiger charge is 2.36. The normalized spacial score (nSPS) is 17.3. The van der Waals surface area contributed by atoms with Crippen LogP contribution >= 0.6 is 0 Å². The molecule has 1 saturated heterocycles. The van der Waals surface area contributed by atoms with Crippen LogP contribution in [0.1, 0.15) is 58.8 Å². The maximum absolute atomic E-state index is 13.0. The molecule has 1 aromatic heterocycles. The highest BCUT2D eigenvalue weighted by Crippen LogP contribution is 2.28. The average Bonchev–Trinajstić information content (AvgIpc) is 3.25. The van der Waals surface area contributed by atoms with Crippen molar-refractivity contribution in [1.29, 1.82) is 0 Å². The van der Waals surface area contributed by atoms with Crippen LogP contribution in [0.4, 0.5) is 5.82 Å². The Hall–Kier alpha value is -3.92. The van der Waals surface area contributed by atoms with Gasteiger partial charge in [0.15, 0.2) is 5.82 Å².